The number of benzene rings is 2. The van der Waals surface area contributed by atoms with Crippen molar-refractivity contribution in [2.24, 2.45) is 0 Å². The van der Waals surface area contributed by atoms with E-state index in [1.165, 1.54) is 23.5 Å². The molecule has 0 spiro atoms. The first-order chi connectivity index (χ1) is 15.8. The third kappa shape index (κ3) is 4.82. The largest absolute Gasteiger partial charge is 0.462 e. The van der Waals surface area contributed by atoms with Crippen LogP contribution in [0, 0.1) is 6.92 Å². The smallest absolute Gasteiger partial charge is 0.348 e. The predicted molar refractivity (Wildman–Crippen MR) is 131 cm³/mol. The number of nitrogens with zero attached hydrogens (tertiary/aromatic N) is 1. The molecule has 1 N–H and O–H groups in total. The summed E-state index contributed by atoms with van der Waals surface area (Å²) in [5.41, 5.74) is 2.01. The Balaban J connectivity index is 1.71. The Hall–Kier alpha value is -3.08. The molecule has 2 aromatic heterocycles. The Morgan fingerprint density at radius 1 is 1.03 bits per heavy atom. The zero-order valence-corrected chi connectivity index (χ0v) is 20.3. The van der Waals surface area contributed by atoms with Crippen LogP contribution in [0.15, 0.2) is 59.5 Å². The van der Waals surface area contributed by atoms with Crippen LogP contribution in [0.3, 0.4) is 0 Å². The zero-order chi connectivity index (χ0) is 23.6. The van der Waals surface area contributed by atoms with Gasteiger partial charge in [0.05, 0.1) is 21.7 Å². The van der Waals surface area contributed by atoms with Crippen molar-refractivity contribution in [1.29, 1.82) is 0 Å². The maximum absolute atomic E-state index is 12.8. The van der Waals surface area contributed by atoms with Crippen molar-refractivity contribution >= 4 is 59.6 Å². The number of fused-ring (bicyclic) bond motifs is 1. The second kappa shape index (κ2) is 9.42. The van der Waals surface area contributed by atoms with Gasteiger partial charge in [0.1, 0.15) is 20.6 Å². The minimum atomic E-state index is -3.82. The number of para-hydroxylation sites is 1. The van der Waals surface area contributed by atoms with Crippen LogP contribution in [0.25, 0.3) is 20.8 Å². The number of aromatic nitrogens is 1. The first kappa shape index (κ1) is 23.1. The monoisotopic (exact) mass is 500 g/mol. The SMILES string of the molecule is CCOC(=O)c1sc(NC(=O)CS(=O)(=O)c2ccccc2)c(-c2nc3ccccc3s2)c1C. The van der Waals surface area contributed by atoms with Gasteiger partial charge >= 0.3 is 5.97 Å². The molecule has 0 saturated heterocycles. The molecule has 33 heavy (non-hydrogen) atoms. The van der Waals surface area contributed by atoms with Gasteiger partial charge in [-0.1, -0.05) is 30.3 Å². The number of amides is 1. The van der Waals surface area contributed by atoms with Crippen molar-refractivity contribution in [2.45, 2.75) is 18.7 Å². The summed E-state index contributed by atoms with van der Waals surface area (Å²) in [5.74, 6) is -1.92. The molecule has 4 rings (SSSR count). The summed E-state index contributed by atoms with van der Waals surface area (Å²) in [6, 6.07) is 15.4. The van der Waals surface area contributed by atoms with Crippen LogP contribution in [-0.2, 0) is 19.4 Å². The molecule has 2 heterocycles. The molecule has 2 aromatic carbocycles. The van der Waals surface area contributed by atoms with E-state index in [1.54, 1.807) is 32.0 Å². The Bertz CT molecular complexity index is 1410. The molecule has 0 radical (unpaired) electrons. The average Bonchev–Trinajstić information content (AvgIpc) is 3.34. The van der Waals surface area contributed by atoms with Crippen LogP contribution < -0.4 is 5.32 Å². The average molecular weight is 501 g/mol. The summed E-state index contributed by atoms with van der Waals surface area (Å²) in [6.45, 7) is 3.69. The fraction of sp³-hybridized carbons (Fsp3) is 0.174. The second-order valence-electron chi connectivity index (χ2n) is 7.09. The molecule has 10 heteroatoms. The van der Waals surface area contributed by atoms with Gasteiger partial charge in [-0.2, -0.15) is 0 Å². The number of ether oxygens (including phenoxy) is 1. The minimum absolute atomic E-state index is 0.0705. The van der Waals surface area contributed by atoms with E-state index in [2.05, 4.69) is 10.3 Å². The predicted octanol–water partition coefficient (Wildman–Crippen LogP) is 4.92. The molecule has 1 amide bonds. The Morgan fingerprint density at radius 2 is 1.73 bits per heavy atom. The fourth-order valence-electron chi connectivity index (χ4n) is 3.28. The summed E-state index contributed by atoms with van der Waals surface area (Å²) in [7, 11) is -3.82. The standard InChI is InChI=1S/C23H20N2O5S3/c1-3-30-23(27)20-14(2)19(21-24-16-11-7-8-12-17(16)31-21)22(32-20)25-18(26)13-33(28,29)15-9-5-4-6-10-15/h4-12H,3,13H2,1-2H3,(H,25,26). The molecule has 0 aliphatic heterocycles. The van der Waals surface area contributed by atoms with Crippen molar-refractivity contribution in [3.8, 4) is 10.6 Å². The van der Waals surface area contributed by atoms with Gasteiger partial charge in [0, 0.05) is 5.56 Å². The first-order valence-corrected chi connectivity index (χ1v) is 13.3. The van der Waals surface area contributed by atoms with E-state index in [4.69, 9.17) is 4.74 Å². The lowest BCUT2D eigenvalue weighted by Crippen LogP contribution is -2.22. The van der Waals surface area contributed by atoms with E-state index in [9.17, 15) is 18.0 Å². The van der Waals surface area contributed by atoms with Gasteiger partial charge < -0.3 is 10.1 Å². The Kier molecular flexibility index (Phi) is 6.59. The number of esters is 1. The zero-order valence-electron chi connectivity index (χ0n) is 17.8. The number of nitrogens with one attached hydrogen (secondary N) is 1. The summed E-state index contributed by atoms with van der Waals surface area (Å²) in [6.07, 6.45) is 0. The number of hydrogen-bond acceptors (Lipinski definition) is 8. The normalized spacial score (nSPS) is 11.5. The summed E-state index contributed by atoms with van der Waals surface area (Å²) in [5, 5.41) is 3.69. The molecule has 0 unspecified atom stereocenters. The number of thiophene rings is 1. The molecule has 170 valence electrons. The molecule has 0 fully saturated rings. The van der Waals surface area contributed by atoms with Crippen LogP contribution >= 0.6 is 22.7 Å². The summed E-state index contributed by atoms with van der Waals surface area (Å²) >= 11 is 2.48. The van der Waals surface area contributed by atoms with Crippen LogP contribution in [0.4, 0.5) is 5.00 Å². The van der Waals surface area contributed by atoms with E-state index in [0.717, 1.165) is 21.6 Å². The van der Waals surface area contributed by atoms with Gasteiger partial charge in [-0.3, -0.25) is 4.79 Å². The molecular weight excluding hydrogens is 480 g/mol. The van der Waals surface area contributed by atoms with Gasteiger partial charge in [0.15, 0.2) is 9.84 Å². The number of thiazole rings is 1. The number of anilines is 1. The molecule has 0 bridgehead atoms. The van der Waals surface area contributed by atoms with Gasteiger partial charge in [-0.05, 0) is 43.7 Å². The topological polar surface area (TPSA) is 102 Å². The lowest BCUT2D eigenvalue weighted by molar-refractivity contribution is -0.113. The van der Waals surface area contributed by atoms with Gasteiger partial charge in [-0.15, -0.1) is 22.7 Å². The quantitative estimate of drug-likeness (QED) is 0.361. The third-order valence-electron chi connectivity index (χ3n) is 4.79. The van der Waals surface area contributed by atoms with Crippen LogP contribution in [0.2, 0.25) is 0 Å². The van der Waals surface area contributed by atoms with E-state index < -0.39 is 27.5 Å². The summed E-state index contributed by atoms with van der Waals surface area (Å²) < 4.78 is 31.4. The second-order valence-corrected chi connectivity index (χ2v) is 11.1. The number of carbonyl (C=O) groups excluding carboxylic acids is 2. The molecule has 7 nitrogen and oxygen atoms in total. The van der Waals surface area contributed by atoms with Crippen molar-refractivity contribution < 1.29 is 22.7 Å². The first-order valence-electron chi connectivity index (χ1n) is 10.0. The van der Waals surface area contributed by atoms with E-state index in [-0.39, 0.29) is 11.5 Å². The van der Waals surface area contributed by atoms with Gasteiger partial charge in [-0.25, -0.2) is 18.2 Å². The van der Waals surface area contributed by atoms with Crippen molar-refractivity contribution in [3.63, 3.8) is 0 Å². The molecular formula is C23H20N2O5S3. The highest BCUT2D eigenvalue weighted by Crippen LogP contribution is 2.43. The van der Waals surface area contributed by atoms with Gasteiger partial charge in [0.2, 0.25) is 5.91 Å². The van der Waals surface area contributed by atoms with Crippen LogP contribution in [0.1, 0.15) is 22.2 Å². The number of sulfone groups is 1. The Labute approximate surface area is 199 Å². The third-order valence-corrected chi connectivity index (χ3v) is 8.67. The lowest BCUT2D eigenvalue weighted by Gasteiger charge is -2.07. The lowest BCUT2D eigenvalue weighted by atomic mass is 10.1. The van der Waals surface area contributed by atoms with E-state index in [1.807, 2.05) is 24.3 Å². The van der Waals surface area contributed by atoms with E-state index in [0.29, 0.717) is 26.0 Å². The minimum Gasteiger partial charge on any atom is -0.462 e. The molecule has 0 aliphatic rings. The molecule has 4 aromatic rings. The maximum atomic E-state index is 12.8. The van der Waals surface area contributed by atoms with Crippen molar-refractivity contribution in [1.82, 2.24) is 4.98 Å². The number of rotatable bonds is 7. The van der Waals surface area contributed by atoms with Crippen molar-refractivity contribution in [2.75, 3.05) is 17.7 Å². The van der Waals surface area contributed by atoms with Crippen molar-refractivity contribution in [3.05, 3.63) is 65.0 Å². The summed E-state index contributed by atoms with van der Waals surface area (Å²) in [4.78, 5) is 30.3. The molecule has 0 aliphatic carbocycles. The number of carbonyl (C=O) groups is 2. The van der Waals surface area contributed by atoms with Crippen LogP contribution in [-0.4, -0.2) is 37.6 Å². The highest BCUT2D eigenvalue weighted by molar-refractivity contribution is 7.92. The highest BCUT2D eigenvalue weighted by atomic mass is 32.2. The maximum Gasteiger partial charge on any atom is 0.348 e. The molecule has 0 atom stereocenters. The van der Waals surface area contributed by atoms with Crippen LogP contribution in [0.5, 0.6) is 0 Å². The highest BCUT2D eigenvalue weighted by Gasteiger charge is 2.27. The fourth-order valence-corrected chi connectivity index (χ4v) is 6.69. The molecule has 0 saturated carbocycles. The number of hydrogen-bond donors (Lipinski definition) is 1. The van der Waals surface area contributed by atoms with E-state index >= 15 is 0 Å². The Morgan fingerprint density at radius 3 is 2.42 bits per heavy atom. The van der Waals surface area contributed by atoms with Gasteiger partial charge in [0.25, 0.3) is 0 Å².